The highest BCUT2D eigenvalue weighted by molar-refractivity contribution is 6.00. The maximum atomic E-state index is 13.9. The van der Waals surface area contributed by atoms with Crippen molar-refractivity contribution in [3.05, 3.63) is 127 Å². The van der Waals surface area contributed by atoms with Crippen LogP contribution >= 0.6 is 0 Å². The normalized spacial score (nSPS) is 19.2. The van der Waals surface area contributed by atoms with Gasteiger partial charge in [-0.15, -0.1) is 0 Å². The average molecular weight is 856 g/mol. The lowest BCUT2D eigenvalue weighted by Crippen LogP contribution is -2.48. The summed E-state index contributed by atoms with van der Waals surface area (Å²) in [6.07, 6.45) is 1.43. The summed E-state index contributed by atoms with van der Waals surface area (Å²) < 4.78 is 17.2. The van der Waals surface area contributed by atoms with Crippen molar-refractivity contribution >= 4 is 46.8 Å². The predicted molar refractivity (Wildman–Crippen MR) is 232 cm³/mol. The van der Waals surface area contributed by atoms with Crippen LogP contribution < -0.4 is 21.3 Å². The maximum Gasteiger partial charge on any atom is 0.250 e. The van der Waals surface area contributed by atoms with Crippen LogP contribution in [0.3, 0.4) is 0 Å². The fraction of sp³-hybridized carbons (Fsp3) is 0.298. The third-order valence-electron chi connectivity index (χ3n) is 11.2. The van der Waals surface area contributed by atoms with E-state index in [1.165, 1.54) is 37.9 Å². The van der Waals surface area contributed by atoms with Gasteiger partial charge in [0.15, 0.2) is 5.76 Å². The van der Waals surface area contributed by atoms with Crippen molar-refractivity contribution < 1.29 is 42.7 Å². The summed E-state index contributed by atoms with van der Waals surface area (Å²) in [7, 11) is 3.07. The second-order valence-corrected chi connectivity index (χ2v) is 15.5. The van der Waals surface area contributed by atoms with E-state index < -0.39 is 47.8 Å². The number of oxazole rings is 1. The summed E-state index contributed by atoms with van der Waals surface area (Å²) in [5.74, 6) is -1.53. The third-order valence-corrected chi connectivity index (χ3v) is 11.2. The third kappa shape index (κ3) is 10.3. The molecule has 2 aliphatic heterocycles. The molecular formula is C47H49N7O9. The number of aromatic nitrogens is 1. The molecule has 16 heteroatoms. The van der Waals surface area contributed by atoms with Crippen molar-refractivity contribution in [3.63, 3.8) is 0 Å². The van der Waals surface area contributed by atoms with Crippen LogP contribution in [-0.4, -0.2) is 102 Å². The Hall–Kier alpha value is -7.17. The largest absolute Gasteiger partial charge is 0.436 e. The summed E-state index contributed by atoms with van der Waals surface area (Å²) in [4.78, 5) is 86.6. The van der Waals surface area contributed by atoms with Gasteiger partial charge >= 0.3 is 0 Å². The highest BCUT2D eigenvalue weighted by atomic mass is 16.5. The van der Waals surface area contributed by atoms with E-state index in [1.54, 1.807) is 103 Å². The lowest BCUT2D eigenvalue weighted by Gasteiger charge is -2.28. The number of ether oxygens (including phenoxy) is 2. The van der Waals surface area contributed by atoms with Crippen molar-refractivity contribution in [2.24, 2.45) is 0 Å². The number of carbonyl (C=O) groups is 6. The van der Waals surface area contributed by atoms with Crippen molar-refractivity contribution in [1.82, 2.24) is 25.4 Å². The van der Waals surface area contributed by atoms with Gasteiger partial charge in [0.25, 0.3) is 11.8 Å². The molecule has 0 saturated carbocycles. The fourth-order valence-corrected chi connectivity index (χ4v) is 7.93. The van der Waals surface area contributed by atoms with Gasteiger partial charge in [-0.1, -0.05) is 60.7 Å². The van der Waals surface area contributed by atoms with Gasteiger partial charge in [0.05, 0.1) is 18.4 Å². The van der Waals surface area contributed by atoms with Crippen molar-refractivity contribution in [2.45, 2.75) is 63.1 Å². The van der Waals surface area contributed by atoms with Gasteiger partial charge in [0, 0.05) is 76.5 Å². The van der Waals surface area contributed by atoms with E-state index in [1.807, 2.05) is 12.1 Å². The number of anilines is 2. The Morgan fingerprint density at radius 3 is 1.41 bits per heavy atom. The summed E-state index contributed by atoms with van der Waals surface area (Å²) in [6, 6.07) is 28.1. The van der Waals surface area contributed by atoms with Crippen LogP contribution in [-0.2, 0) is 38.2 Å². The summed E-state index contributed by atoms with van der Waals surface area (Å²) in [6.45, 7) is 3.06. The van der Waals surface area contributed by atoms with E-state index in [2.05, 4.69) is 26.3 Å². The van der Waals surface area contributed by atoms with Gasteiger partial charge in [-0.3, -0.25) is 28.8 Å². The Balaban J connectivity index is 0.981. The van der Waals surface area contributed by atoms with Crippen LogP contribution in [0.15, 0.2) is 120 Å². The number of carbonyl (C=O) groups excluding carboxylic acids is 6. The van der Waals surface area contributed by atoms with Crippen LogP contribution in [0.4, 0.5) is 11.4 Å². The summed E-state index contributed by atoms with van der Waals surface area (Å²) in [5, 5.41) is 11.3. The van der Waals surface area contributed by atoms with Crippen LogP contribution in [0.5, 0.6) is 0 Å². The van der Waals surface area contributed by atoms with Gasteiger partial charge in [0.1, 0.15) is 24.2 Å². The Labute approximate surface area is 364 Å². The number of benzene rings is 4. The van der Waals surface area contributed by atoms with Gasteiger partial charge < -0.3 is 45.0 Å². The molecule has 5 aromatic rings. The number of methoxy groups -OCH3 is 2. The van der Waals surface area contributed by atoms with E-state index >= 15 is 0 Å². The Kier molecular flexibility index (Phi) is 13.7. The molecule has 0 spiro atoms. The number of hydrogen-bond acceptors (Lipinski definition) is 10. The number of nitrogens with one attached hydrogen (secondary N) is 4. The quantitative estimate of drug-likeness (QED) is 0.119. The molecule has 0 radical (unpaired) electrons. The van der Waals surface area contributed by atoms with E-state index in [-0.39, 0.29) is 50.0 Å². The molecule has 1 aromatic heterocycles. The SMILES string of the molecule is CO[C@H]1C[C@@H](C(=O)Nc2ccc(-c3cnc(-c4ccc(NC(=O)[C@@H]5C[C@H](OC)CN5C(=O)C(NC(C)=O)c5ccccc5)cc4)o3)cc2)N(C(=O)C(NC(C)=O)c2ccccc2)C1. The molecule has 4 aromatic carbocycles. The first-order valence-corrected chi connectivity index (χ1v) is 20.5. The molecule has 0 bridgehead atoms. The minimum atomic E-state index is -0.966. The zero-order valence-electron chi connectivity index (χ0n) is 35.3. The van der Waals surface area contributed by atoms with Crippen molar-refractivity contribution in [2.75, 3.05) is 37.9 Å². The monoisotopic (exact) mass is 855 g/mol. The molecule has 6 amide bonds. The molecule has 0 aliphatic carbocycles. The first-order chi connectivity index (χ1) is 30.4. The first kappa shape index (κ1) is 43.9. The molecule has 16 nitrogen and oxygen atoms in total. The average Bonchev–Trinajstić information content (AvgIpc) is 4.08. The minimum Gasteiger partial charge on any atom is -0.436 e. The van der Waals surface area contributed by atoms with E-state index in [0.29, 0.717) is 45.3 Å². The number of likely N-dealkylation sites (tertiary alicyclic amines) is 2. The van der Waals surface area contributed by atoms with E-state index in [9.17, 15) is 28.8 Å². The maximum absolute atomic E-state index is 13.9. The molecule has 326 valence electrons. The fourth-order valence-electron chi connectivity index (χ4n) is 7.93. The second kappa shape index (κ2) is 19.7. The second-order valence-electron chi connectivity index (χ2n) is 15.5. The molecule has 63 heavy (non-hydrogen) atoms. The molecule has 4 N–H and O–H groups in total. The summed E-state index contributed by atoms with van der Waals surface area (Å²) >= 11 is 0. The minimum absolute atomic E-state index is 0.188. The first-order valence-electron chi connectivity index (χ1n) is 20.5. The Bertz CT molecular complexity index is 2260. The molecular weight excluding hydrogens is 807 g/mol. The molecule has 6 atom stereocenters. The lowest BCUT2D eigenvalue weighted by atomic mass is 10.0. The highest BCUT2D eigenvalue weighted by Gasteiger charge is 2.44. The topological polar surface area (TPSA) is 202 Å². The number of amides is 6. The zero-order valence-corrected chi connectivity index (χ0v) is 35.3. The van der Waals surface area contributed by atoms with Crippen molar-refractivity contribution in [3.8, 4) is 22.8 Å². The van der Waals surface area contributed by atoms with Crippen LogP contribution in [0, 0.1) is 0 Å². The van der Waals surface area contributed by atoms with Crippen LogP contribution in [0.1, 0.15) is 49.9 Å². The smallest absolute Gasteiger partial charge is 0.250 e. The Morgan fingerprint density at radius 2 is 1.02 bits per heavy atom. The molecule has 2 saturated heterocycles. The molecule has 2 unspecified atom stereocenters. The Morgan fingerprint density at radius 1 is 0.603 bits per heavy atom. The van der Waals surface area contributed by atoms with Gasteiger partial charge in [-0.25, -0.2) is 4.98 Å². The van der Waals surface area contributed by atoms with Gasteiger partial charge in [0.2, 0.25) is 29.5 Å². The van der Waals surface area contributed by atoms with Crippen molar-refractivity contribution in [1.29, 1.82) is 0 Å². The summed E-state index contributed by atoms with van der Waals surface area (Å²) in [5.41, 5.74) is 3.56. The molecule has 2 fully saturated rings. The van der Waals surface area contributed by atoms with E-state index in [4.69, 9.17) is 13.9 Å². The van der Waals surface area contributed by atoms with Crippen LogP contribution in [0.2, 0.25) is 0 Å². The predicted octanol–water partition coefficient (Wildman–Crippen LogP) is 4.87. The van der Waals surface area contributed by atoms with Gasteiger partial charge in [-0.2, -0.15) is 0 Å². The zero-order chi connectivity index (χ0) is 44.6. The number of hydrogen-bond donors (Lipinski definition) is 4. The number of rotatable bonds is 14. The highest BCUT2D eigenvalue weighted by Crippen LogP contribution is 2.31. The number of nitrogens with zero attached hydrogens (tertiary/aromatic N) is 3. The standard InChI is InChI=1S/C47H49N7O9/c1-28(55)49-41(31-11-7-5-8-12-31)46(59)53-26-36(61-3)23-38(53)43(57)51-34-19-15-30(16-20-34)40-25-48-45(63-40)33-17-21-35(22-18-33)52-44(58)39-24-37(62-4)27-54(39)47(60)42(50-29(2)56)32-13-9-6-10-14-32/h5-22,25,36-39,41-42H,23-24,26-27H2,1-4H3,(H,49,55)(H,50,56)(H,51,57)(H,52,58)/t36-,37-,38-,39-,41?,42?/m0/s1. The molecule has 3 heterocycles. The molecule has 2 aliphatic rings. The molecule has 7 rings (SSSR count). The lowest BCUT2D eigenvalue weighted by molar-refractivity contribution is -0.140. The van der Waals surface area contributed by atoms with Gasteiger partial charge in [-0.05, 0) is 59.7 Å². The van der Waals surface area contributed by atoms with E-state index in [0.717, 1.165) is 0 Å². The van der Waals surface area contributed by atoms with Crippen LogP contribution in [0.25, 0.3) is 22.8 Å².